The monoisotopic (exact) mass is 499 g/mol. The Labute approximate surface area is 206 Å². The molecule has 0 unspecified atom stereocenters. The molecule has 11 heteroatoms. The predicted molar refractivity (Wildman–Crippen MR) is 134 cm³/mol. The largest absolute Gasteiger partial charge is 0.457 e. The van der Waals surface area contributed by atoms with E-state index < -0.39 is 23.1 Å². The Bertz CT molecular complexity index is 1370. The van der Waals surface area contributed by atoms with Crippen molar-refractivity contribution in [3.05, 3.63) is 50.9 Å². The number of aromatic nitrogens is 4. The minimum absolute atomic E-state index is 0.0722. The molecule has 35 heavy (non-hydrogen) atoms. The van der Waals surface area contributed by atoms with Crippen molar-refractivity contribution in [1.29, 1.82) is 0 Å². The van der Waals surface area contributed by atoms with E-state index in [1.165, 1.54) is 4.57 Å². The molecule has 1 N–H and O–H groups in total. The SMILES string of the molecule is CCCCn1c(=O)[nH]c(=O)c2c1nc(COC(=O)[C@@H]1CC(=O)N(c3cccc(SC)c3)C1)n2CC. The molecule has 0 aliphatic carbocycles. The van der Waals surface area contributed by atoms with Gasteiger partial charge in [-0.25, -0.2) is 9.78 Å². The lowest BCUT2D eigenvalue weighted by molar-refractivity contribution is -0.150. The number of nitrogens with one attached hydrogen (secondary N) is 1. The van der Waals surface area contributed by atoms with Crippen LogP contribution in [0.25, 0.3) is 11.2 Å². The highest BCUT2D eigenvalue weighted by Gasteiger charge is 2.36. The van der Waals surface area contributed by atoms with Crippen molar-refractivity contribution < 1.29 is 14.3 Å². The third kappa shape index (κ3) is 4.90. The van der Waals surface area contributed by atoms with Crippen LogP contribution in [0.1, 0.15) is 38.9 Å². The molecule has 1 amide bonds. The van der Waals surface area contributed by atoms with Crippen molar-refractivity contribution in [3.63, 3.8) is 0 Å². The average molecular weight is 500 g/mol. The molecule has 1 fully saturated rings. The maximum absolute atomic E-state index is 12.8. The van der Waals surface area contributed by atoms with Gasteiger partial charge in [0.25, 0.3) is 5.56 Å². The molecule has 3 heterocycles. The molecular weight excluding hydrogens is 470 g/mol. The second-order valence-electron chi connectivity index (χ2n) is 8.42. The Kier molecular flexibility index (Phi) is 7.44. The molecule has 3 aromatic rings. The summed E-state index contributed by atoms with van der Waals surface area (Å²) in [5.41, 5.74) is 0.305. The molecule has 2 aromatic heterocycles. The maximum Gasteiger partial charge on any atom is 0.330 e. The summed E-state index contributed by atoms with van der Waals surface area (Å²) in [7, 11) is 0. The molecule has 1 aliphatic rings. The first-order chi connectivity index (χ1) is 16.9. The molecule has 0 radical (unpaired) electrons. The van der Waals surface area contributed by atoms with Gasteiger partial charge in [0.1, 0.15) is 12.4 Å². The number of unbranched alkanes of at least 4 members (excludes halogenated alkanes) is 1. The molecule has 0 bridgehead atoms. The number of ether oxygens (including phenoxy) is 1. The van der Waals surface area contributed by atoms with Gasteiger partial charge < -0.3 is 14.2 Å². The van der Waals surface area contributed by atoms with Gasteiger partial charge in [0.2, 0.25) is 5.91 Å². The normalized spacial score (nSPS) is 15.8. The van der Waals surface area contributed by atoms with E-state index >= 15 is 0 Å². The number of rotatable bonds is 9. The number of hydrogen-bond donors (Lipinski definition) is 1. The lowest BCUT2D eigenvalue weighted by Gasteiger charge is -2.17. The van der Waals surface area contributed by atoms with Crippen molar-refractivity contribution in [2.24, 2.45) is 5.92 Å². The summed E-state index contributed by atoms with van der Waals surface area (Å²) in [5.74, 6) is -0.830. The van der Waals surface area contributed by atoms with Crippen molar-refractivity contribution in [1.82, 2.24) is 19.1 Å². The topological polar surface area (TPSA) is 119 Å². The van der Waals surface area contributed by atoms with E-state index in [2.05, 4.69) is 9.97 Å². The van der Waals surface area contributed by atoms with E-state index in [9.17, 15) is 19.2 Å². The first-order valence-corrected chi connectivity index (χ1v) is 12.9. The second-order valence-corrected chi connectivity index (χ2v) is 9.30. The third-order valence-corrected chi connectivity index (χ3v) is 6.91. The lowest BCUT2D eigenvalue weighted by Crippen LogP contribution is -2.31. The molecule has 1 aromatic carbocycles. The summed E-state index contributed by atoms with van der Waals surface area (Å²) in [6.07, 6.45) is 3.68. The zero-order valence-corrected chi connectivity index (χ0v) is 20.9. The van der Waals surface area contributed by atoms with Gasteiger partial charge in [-0.05, 0) is 37.8 Å². The van der Waals surface area contributed by atoms with Crippen LogP contribution in [0.3, 0.4) is 0 Å². The number of nitrogens with zero attached hydrogens (tertiary/aromatic N) is 4. The molecule has 1 saturated heterocycles. The number of H-pyrrole nitrogens is 1. The van der Waals surface area contributed by atoms with Crippen LogP contribution in [-0.4, -0.2) is 43.8 Å². The zero-order chi connectivity index (χ0) is 25.1. The highest BCUT2D eigenvalue weighted by Crippen LogP contribution is 2.29. The second kappa shape index (κ2) is 10.5. The predicted octanol–water partition coefficient (Wildman–Crippen LogP) is 2.52. The first kappa shape index (κ1) is 24.8. The van der Waals surface area contributed by atoms with Crippen LogP contribution in [0.15, 0.2) is 38.8 Å². The van der Waals surface area contributed by atoms with Gasteiger partial charge >= 0.3 is 11.7 Å². The first-order valence-electron chi connectivity index (χ1n) is 11.7. The number of amides is 1. The fourth-order valence-electron chi connectivity index (χ4n) is 4.34. The van der Waals surface area contributed by atoms with Crippen LogP contribution in [0.5, 0.6) is 0 Å². The summed E-state index contributed by atoms with van der Waals surface area (Å²) in [5, 5.41) is 0. The van der Waals surface area contributed by atoms with Crippen LogP contribution in [0, 0.1) is 5.92 Å². The Balaban J connectivity index is 1.53. The van der Waals surface area contributed by atoms with E-state index in [4.69, 9.17) is 4.74 Å². The van der Waals surface area contributed by atoms with Gasteiger partial charge in [-0.1, -0.05) is 19.4 Å². The Hall–Kier alpha value is -3.34. The Morgan fingerprint density at radius 2 is 2.03 bits per heavy atom. The summed E-state index contributed by atoms with van der Waals surface area (Å²) < 4.78 is 8.66. The van der Waals surface area contributed by atoms with Crippen molar-refractivity contribution in [2.45, 2.75) is 57.7 Å². The summed E-state index contributed by atoms with van der Waals surface area (Å²) in [6.45, 7) is 4.80. The van der Waals surface area contributed by atoms with E-state index in [0.29, 0.717) is 18.9 Å². The Morgan fingerprint density at radius 3 is 2.74 bits per heavy atom. The van der Waals surface area contributed by atoms with E-state index in [1.54, 1.807) is 21.2 Å². The van der Waals surface area contributed by atoms with Gasteiger partial charge in [0, 0.05) is 36.6 Å². The van der Waals surface area contributed by atoms with E-state index in [0.717, 1.165) is 23.4 Å². The molecule has 4 rings (SSSR count). The minimum atomic E-state index is -0.592. The molecular formula is C24H29N5O5S. The van der Waals surface area contributed by atoms with Gasteiger partial charge in [-0.15, -0.1) is 11.8 Å². The van der Waals surface area contributed by atoms with Gasteiger partial charge in [0.05, 0.1) is 5.92 Å². The fraction of sp³-hybridized carbons (Fsp3) is 0.458. The fourth-order valence-corrected chi connectivity index (χ4v) is 4.79. The highest BCUT2D eigenvalue weighted by atomic mass is 32.2. The number of aryl methyl sites for hydroxylation is 2. The quantitative estimate of drug-likeness (QED) is 0.355. The maximum atomic E-state index is 12.8. The number of fused-ring (bicyclic) bond motifs is 1. The zero-order valence-electron chi connectivity index (χ0n) is 20.1. The number of imidazole rings is 1. The molecule has 0 saturated carbocycles. The summed E-state index contributed by atoms with van der Waals surface area (Å²) in [6, 6.07) is 7.63. The molecule has 0 spiro atoms. The van der Waals surface area contributed by atoms with Crippen molar-refractivity contribution >= 4 is 40.5 Å². The van der Waals surface area contributed by atoms with Gasteiger partial charge in [-0.3, -0.25) is 23.9 Å². The van der Waals surface area contributed by atoms with E-state index in [-0.39, 0.29) is 36.6 Å². The van der Waals surface area contributed by atoms with Crippen LogP contribution >= 0.6 is 11.8 Å². The Morgan fingerprint density at radius 1 is 1.23 bits per heavy atom. The molecule has 186 valence electrons. The summed E-state index contributed by atoms with van der Waals surface area (Å²) in [4.78, 5) is 59.8. The van der Waals surface area contributed by atoms with Gasteiger partial charge in [0.15, 0.2) is 11.2 Å². The average Bonchev–Trinajstić information content (AvgIpc) is 3.43. The van der Waals surface area contributed by atoms with Crippen molar-refractivity contribution in [2.75, 3.05) is 17.7 Å². The number of thioether (sulfide) groups is 1. The van der Waals surface area contributed by atoms with Gasteiger partial charge in [-0.2, -0.15) is 0 Å². The number of aromatic amines is 1. The van der Waals surface area contributed by atoms with Crippen molar-refractivity contribution in [3.8, 4) is 0 Å². The van der Waals surface area contributed by atoms with Crippen LogP contribution in [-0.2, 0) is 34.0 Å². The molecule has 1 atom stereocenters. The molecule has 10 nitrogen and oxygen atoms in total. The molecule has 1 aliphatic heterocycles. The number of carbonyl (C=O) groups excluding carboxylic acids is 2. The van der Waals surface area contributed by atoms with Crippen LogP contribution in [0.2, 0.25) is 0 Å². The number of anilines is 1. The lowest BCUT2D eigenvalue weighted by atomic mass is 10.1. The third-order valence-electron chi connectivity index (χ3n) is 6.18. The standard InChI is InChI=1S/C24H29N5O5S/c1-4-6-10-28-21-20(22(31)26-24(28)33)27(5-2)18(25-21)14-34-23(32)15-11-19(30)29(13-15)16-8-7-9-17(12-16)35-3/h7-9,12,15H,4-6,10-11,13-14H2,1-3H3,(H,26,31,33)/t15-/m1/s1. The number of carbonyl (C=O) groups is 2. The number of benzene rings is 1. The smallest absolute Gasteiger partial charge is 0.330 e. The minimum Gasteiger partial charge on any atom is -0.457 e. The number of esters is 1. The number of hydrogen-bond acceptors (Lipinski definition) is 7. The highest BCUT2D eigenvalue weighted by molar-refractivity contribution is 7.98. The van der Waals surface area contributed by atoms with Crippen LogP contribution in [0.4, 0.5) is 5.69 Å². The van der Waals surface area contributed by atoms with Crippen LogP contribution < -0.4 is 16.1 Å². The summed E-state index contributed by atoms with van der Waals surface area (Å²) >= 11 is 1.58. The van der Waals surface area contributed by atoms with E-state index in [1.807, 2.05) is 44.4 Å².